The largest absolute Gasteiger partial charge is 0.506 e. The number of nitrogens with zero attached hydrogens (tertiary/aromatic N) is 3. The van der Waals surface area contributed by atoms with Gasteiger partial charge in [-0.25, -0.2) is 8.42 Å². The summed E-state index contributed by atoms with van der Waals surface area (Å²) in [5.74, 6) is 0.0464. The highest BCUT2D eigenvalue weighted by Gasteiger charge is 2.21. The van der Waals surface area contributed by atoms with Crippen LogP contribution in [-0.2, 0) is 10.0 Å². The minimum atomic E-state index is -3.48. The van der Waals surface area contributed by atoms with Crippen LogP contribution in [0.5, 0.6) is 5.75 Å². The first-order valence-electron chi connectivity index (χ1n) is 7.70. The number of hydrogen-bond acceptors (Lipinski definition) is 5. The first kappa shape index (κ1) is 18.1. The molecule has 0 bridgehead atoms. The minimum absolute atomic E-state index is 0.0464. The van der Waals surface area contributed by atoms with Crippen LogP contribution in [0.4, 0.5) is 11.4 Å². The Hall–Kier alpha value is -2.25. The average molecular weight is 347 g/mol. The Balaban J connectivity index is 2.24. The molecule has 0 aliphatic heterocycles. The molecule has 0 saturated carbocycles. The van der Waals surface area contributed by atoms with Crippen LogP contribution in [0.2, 0.25) is 0 Å². The maximum absolute atomic E-state index is 12.4. The van der Waals surface area contributed by atoms with Gasteiger partial charge < -0.3 is 5.11 Å². The third-order valence-corrected chi connectivity index (χ3v) is 5.65. The number of sulfonamides is 1. The van der Waals surface area contributed by atoms with Gasteiger partial charge in [-0.05, 0) is 48.9 Å². The molecule has 0 spiro atoms. The topological polar surface area (TPSA) is 82.3 Å². The van der Waals surface area contributed by atoms with E-state index in [9.17, 15) is 13.5 Å². The van der Waals surface area contributed by atoms with E-state index in [-0.39, 0.29) is 10.6 Å². The van der Waals surface area contributed by atoms with Gasteiger partial charge in [0.05, 0.1) is 10.6 Å². The van der Waals surface area contributed by atoms with Crippen molar-refractivity contribution in [2.45, 2.75) is 25.7 Å². The zero-order valence-electron chi connectivity index (χ0n) is 14.0. The normalized spacial score (nSPS) is 12.2. The lowest BCUT2D eigenvalue weighted by molar-refractivity contribution is 0.445. The molecule has 24 heavy (non-hydrogen) atoms. The summed E-state index contributed by atoms with van der Waals surface area (Å²) in [5, 5.41) is 17.8. The maximum Gasteiger partial charge on any atom is 0.243 e. The fraction of sp³-hybridized carbons (Fsp3) is 0.294. The molecule has 2 aromatic carbocycles. The van der Waals surface area contributed by atoms with E-state index in [1.165, 1.54) is 16.4 Å². The van der Waals surface area contributed by atoms with Gasteiger partial charge in [0.2, 0.25) is 10.0 Å². The standard InChI is InChI=1S/C17H21N3O3S/c1-4-20(5-2)24(22,23)15-9-7-14(8-10-15)18-19-16-12-13(3)6-11-17(16)21/h6-12,21H,4-5H2,1-3H3. The lowest BCUT2D eigenvalue weighted by Crippen LogP contribution is -2.30. The summed E-state index contributed by atoms with van der Waals surface area (Å²) >= 11 is 0. The van der Waals surface area contributed by atoms with Crippen molar-refractivity contribution in [3.63, 3.8) is 0 Å². The van der Waals surface area contributed by atoms with Crippen LogP contribution in [0.3, 0.4) is 0 Å². The molecule has 0 amide bonds. The molecule has 0 atom stereocenters. The van der Waals surface area contributed by atoms with Crippen molar-refractivity contribution in [1.29, 1.82) is 0 Å². The second-order valence-corrected chi connectivity index (χ2v) is 7.21. The number of hydrogen-bond donors (Lipinski definition) is 1. The molecule has 0 aliphatic rings. The van der Waals surface area contributed by atoms with E-state index < -0.39 is 10.0 Å². The second-order valence-electron chi connectivity index (χ2n) is 5.28. The van der Waals surface area contributed by atoms with Gasteiger partial charge in [-0.1, -0.05) is 19.9 Å². The number of phenolic OH excluding ortho intramolecular Hbond substituents is 1. The van der Waals surface area contributed by atoms with Crippen molar-refractivity contribution in [1.82, 2.24) is 4.31 Å². The molecule has 0 radical (unpaired) electrons. The summed E-state index contributed by atoms with van der Waals surface area (Å²) in [6.07, 6.45) is 0. The molecule has 1 N–H and O–H groups in total. The lowest BCUT2D eigenvalue weighted by Gasteiger charge is -2.18. The van der Waals surface area contributed by atoms with Crippen LogP contribution in [-0.4, -0.2) is 30.9 Å². The SMILES string of the molecule is CCN(CC)S(=O)(=O)c1ccc(N=Nc2cc(C)ccc2O)cc1. The molecule has 0 saturated heterocycles. The van der Waals surface area contributed by atoms with E-state index in [1.54, 1.807) is 44.2 Å². The molecular weight excluding hydrogens is 326 g/mol. The van der Waals surface area contributed by atoms with E-state index >= 15 is 0 Å². The van der Waals surface area contributed by atoms with Crippen LogP contribution in [0.1, 0.15) is 19.4 Å². The molecule has 0 aliphatic carbocycles. The van der Waals surface area contributed by atoms with E-state index in [1.807, 2.05) is 6.92 Å². The van der Waals surface area contributed by atoms with Crippen LogP contribution in [0.15, 0.2) is 57.6 Å². The summed E-state index contributed by atoms with van der Waals surface area (Å²) in [4.78, 5) is 0.226. The van der Waals surface area contributed by atoms with Crippen molar-refractivity contribution < 1.29 is 13.5 Å². The maximum atomic E-state index is 12.4. The second kappa shape index (κ2) is 7.55. The lowest BCUT2D eigenvalue weighted by atomic mass is 10.2. The fourth-order valence-corrected chi connectivity index (χ4v) is 3.68. The van der Waals surface area contributed by atoms with Gasteiger partial charge in [-0.15, -0.1) is 5.11 Å². The van der Waals surface area contributed by atoms with Gasteiger partial charge in [0.15, 0.2) is 0 Å². The Bertz CT molecular complexity index is 827. The number of rotatable bonds is 6. The van der Waals surface area contributed by atoms with E-state index in [4.69, 9.17) is 0 Å². The highest BCUT2D eigenvalue weighted by atomic mass is 32.2. The Labute approximate surface area is 142 Å². The van der Waals surface area contributed by atoms with Gasteiger partial charge in [-0.2, -0.15) is 9.42 Å². The molecule has 0 fully saturated rings. The average Bonchev–Trinajstić information content (AvgIpc) is 2.57. The summed E-state index contributed by atoms with van der Waals surface area (Å²) in [5.41, 5.74) is 1.84. The van der Waals surface area contributed by atoms with Crippen LogP contribution in [0, 0.1) is 6.92 Å². The minimum Gasteiger partial charge on any atom is -0.506 e. The van der Waals surface area contributed by atoms with Gasteiger partial charge in [-0.3, -0.25) is 0 Å². The van der Waals surface area contributed by atoms with Gasteiger partial charge in [0.1, 0.15) is 11.4 Å². The predicted molar refractivity (Wildman–Crippen MR) is 93.6 cm³/mol. The molecule has 7 heteroatoms. The first-order valence-corrected chi connectivity index (χ1v) is 9.14. The highest BCUT2D eigenvalue weighted by Crippen LogP contribution is 2.29. The van der Waals surface area contributed by atoms with E-state index in [0.29, 0.717) is 24.5 Å². The zero-order chi connectivity index (χ0) is 17.7. The Kier molecular flexibility index (Phi) is 5.69. The number of aromatic hydroxyl groups is 1. The third kappa shape index (κ3) is 3.98. The van der Waals surface area contributed by atoms with Crippen LogP contribution >= 0.6 is 0 Å². The number of phenols is 1. The van der Waals surface area contributed by atoms with Gasteiger partial charge in [0, 0.05) is 13.1 Å². The third-order valence-electron chi connectivity index (χ3n) is 3.58. The molecule has 2 rings (SSSR count). The monoisotopic (exact) mass is 347 g/mol. The number of azo groups is 1. The van der Waals surface area contributed by atoms with Crippen molar-refractivity contribution in [2.24, 2.45) is 10.2 Å². The molecule has 6 nitrogen and oxygen atoms in total. The van der Waals surface area contributed by atoms with Crippen LogP contribution in [0.25, 0.3) is 0 Å². The first-order chi connectivity index (χ1) is 11.4. The predicted octanol–water partition coefficient (Wildman–Crippen LogP) is 4.15. The summed E-state index contributed by atoms with van der Waals surface area (Å²) < 4.78 is 26.2. The highest BCUT2D eigenvalue weighted by molar-refractivity contribution is 7.89. The molecule has 0 aromatic heterocycles. The molecular formula is C17H21N3O3S. The van der Waals surface area contributed by atoms with Crippen LogP contribution < -0.4 is 0 Å². The quantitative estimate of drug-likeness (QED) is 0.797. The molecule has 0 unspecified atom stereocenters. The summed E-state index contributed by atoms with van der Waals surface area (Å²) in [6, 6.07) is 11.3. The van der Waals surface area contributed by atoms with Crippen molar-refractivity contribution in [3.05, 3.63) is 48.0 Å². The summed E-state index contributed by atoms with van der Waals surface area (Å²) in [6.45, 7) is 6.35. The molecule has 128 valence electrons. The Morgan fingerprint density at radius 2 is 1.62 bits per heavy atom. The number of aryl methyl sites for hydroxylation is 1. The zero-order valence-corrected chi connectivity index (χ0v) is 14.8. The van der Waals surface area contributed by atoms with Crippen molar-refractivity contribution in [3.8, 4) is 5.75 Å². The van der Waals surface area contributed by atoms with E-state index in [2.05, 4.69) is 10.2 Å². The Morgan fingerprint density at radius 1 is 1.00 bits per heavy atom. The molecule has 2 aromatic rings. The van der Waals surface area contributed by atoms with Crippen molar-refractivity contribution >= 4 is 21.4 Å². The fourth-order valence-electron chi connectivity index (χ4n) is 2.22. The van der Waals surface area contributed by atoms with Gasteiger partial charge >= 0.3 is 0 Å². The summed E-state index contributed by atoms with van der Waals surface area (Å²) in [7, 11) is -3.48. The molecule has 0 heterocycles. The van der Waals surface area contributed by atoms with Crippen molar-refractivity contribution in [2.75, 3.05) is 13.1 Å². The van der Waals surface area contributed by atoms with Gasteiger partial charge in [0.25, 0.3) is 0 Å². The van der Waals surface area contributed by atoms with E-state index in [0.717, 1.165) is 5.56 Å². The number of benzene rings is 2. The Morgan fingerprint density at radius 3 is 2.21 bits per heavy atom. The smallest absolute Gasteiger partial charge is 0.243 e.